The highest BCUT2D eigenvalue weighted by Crippen LogP contribution is 2.45. The summed E-state index contributed by atoms with van der Waals surface area (Å²) in [7, 11) is -9.90. The maximum Gasteiger partial charge on any atom is 0.472 e. The van der Waals surface area contributed by atoms with Crippen molar-refractivity contribution in [2.45, 2.75) is 362 Å². The Labute approximate surface area is 537 Å². The number of esters is 4. The average Bonchev–Trinajstić information content (AvgIpc) is 3.60. The fourth-order valence-electron chi connectivity index (χ4n) is 10.4. The molecule has 0 aromatic rings. The smallest absolute Gasteiger partial charge is 0.462 e. The highest BCUT2D eigenvalue weighted by Gasteiger charge is 2.30. The summed E-state index contributed by atoms with van der Waals surface area (Å²) in [5.74, 6) is 0.0478. The first kappa shape index (κ1) is 86.1. The number of hydrogen-bond acceptors (Lipinski definition) is 15. The Bertz CT molecular complexity index is 1730. The van der Waals surface area contributed by atoms with E-state index in [2.05, 4.69) is 48.5 Å². The third kappa shape index (κ3) is 62.8. The summed E-state index contributed by atoms with van der Waals surface area (Å²) in [5, 5.41) is 10.6. The molecule has 17 nitrogen and oxygen atoms in total. The lowest BCUT2D eigenvalue weighted by atomic mass is 10.0. The molecule has 0 radical (unpaired) electrons. The van der Waals surface area contributed by atoms with E-state index in [-0.39, 0.29) is 25.7 Å². The first-order chi connectivity index (χ1) is 42.2. The van der Waals surface area contributed by atoms with Crippen LogP contribution in [0, 0.1) is 17.8 Å². The summed E-state index contributed by atoms with van der Waals surface area (Å²) in [5.41, 5.74) is 0. The molecule has 0 aliphatic carbocycles. The molecule has 5 atom stereocenters. The minimum atomic E-state index is -4.95. The van der Waals surface area contributed by atoms with E-state index in [9.17, 15) is 43.2 Å². The van der Waals surface area contributed by atoms with Gasteiger partial charge in [-0.2, -0.15) is 0 Å². The minimum absolute atomic E-state index is 0.102. The van der Waals surface area contributed by atoms with Gasteiger partial charge in [-0.15, -0.1) is 0 Å². The second-order valence-electron chi connectivity index (χ2n) is 26.3. The molecule has 19 heteroatoms. The van der Waals surface area contributed by atoms with Gasteiger partial charge in [-0.3, -0.25) is 37.3 Å². The zero-order valence-corrected chi connectivity index (χ0v) is 59.0. The molecular formula is C69H134O17P2. The molecule has 0 saturated carbocycles. The van der Waals surface area contributed by atoms with Gasteiger partial charge in [0.2, 0.25) is 0 Å². The normalized spacial score (nSPS) is 14.2. The highest BCUT2D eigenvalue weighted by atomic mass is 31.2. The number of aliphatic hydroxyl groups is 1. The number of carbonyl (C=O) groups excluding carboxylic acids is 4. The quantitative estimate of drug-likeness (QED) is 0.0222. The fraction of sp³-hybridized carbons (Fsp3) is 0.942. The number of phosphoric ester groups is 2. The Morgan fingerprint density at radius 3 is 0.773 bits per heavy atom. The van der Waals surface area contributed by atoms with E-state index >= 15 is 0 Å². The molecule has 522 valence electrons. The van der Waals surface area contributed by atoms with Crippen molar-refractivity contribution >= 4 is 39.5 Å². The van der Waals surface area contributed by atoms with Crippen LogP contribution in [0.2, 0.25) is 0 Å². The molecule has 2 unspecified atom stereocenters. The molecule has 0 fully saturated rings. The summed E-state index contributed by atoms with van der Waals surface area (Å²) in [6.07, 6.45) is 43.2. The van der Waals surface area contributed by atoms with Crippen LogP contribution in [0.5, 0.6) is 0 Å². The maximum atomic E-state index is 13.0. The van der Waals surface area contributed by atoms with Crippen molar-refractivity contribution in [2.75, 3.05) is 39.6 Å². The Morgan fingerprint density at radius 2 is 0.523 bits per heavy atom. The van der Waals surface area contributed by atoms with Gasteiger partial charge in [-0.25, -0.2) is 9.13 Å². The number of rotatable bonds is 67. The summed E-state index contributed by atoms with van der Waals surface area (Å²) in [4.78, 5) is 72.5. The first-order valence-electron chi connectivity index (χ1n) is 35.8. The van der Waals surface area contributed by atoms with Crippen molar-refractivity contribution < 1.29 is 80.2 Å². The molecule has 0 amide bonds. The van der Waals surface area contributed by atoms with E-state index in [1.165, 1.54) is 148 Å². The van der Waals surface area contributed by atoms with Crippen LogP contribution < -0.4 is 0 Å². The lowest BCUT2D eigenvalue weighted by Crippen LogP contribution is -2.30. The van der Waals surface area contributed by atoms with Crippen molar-refractivity contribution in [3.8, 4) is 0 Å². The van der Waals surface area contributed by atoms with Crippen LogP contribution in [-0.4, -0.2) is 96.7 Å². The van der Waals surface area contributed by atoms with Gasteiger partial charge in [-0.1, -0.05) is 292 Å². The monoisotopic (exact) mass is 1300 g/mol. The molecule has 0 saturated heterocycles. The third-order valence-electron chi connectivity index (χ3n) is 15.9. The van der Waals surface area contributed by atoms with Crippen molar-refractivity contribution in [1.29, 1.82) is 0 Å². The highest BCUT2D eigenvalue weighted by molar-refractivity contribution is 7.47. The molecule has 0 spiro atoms. The van der Waals surface area contributed by atoms with Crippen LogP contribution in [-0.2, 0) is 65.4 Å². The molecular weight excluding hydrogens is 1160 g/mol. The van der Waals surface area contributed by atoms with E-state index in [1.54, 1.807) is 0 Å². The second kappa shape index (κ2) is 60.0. The zero-order valence-electron chi connectivity index (χ0n) is 57.2. The fourth-order valence-corrected chi connectivity index (χ4v) is 11.9. The largest absolute Gasteiger partial charge is 0.472 e. The average molecular weight is 1300 g/mol. The van der Waals surface area contributed by atoms with E-state index < -0.39 is 97.5 Å². The number of aliphatic hydroxyl groups excluding tert-OH is 1. The van der Waals surface area contributed by atoms with Gasteiger partial charge < -0.3 is 33.8 Å². The van der Waals surface area contributed by atoms with Crippen molar-refractivity contribution in [3.05, 3.63) is 0 Å². The van der Waals surface area contributed by atoms with Gasteiger partial charge in [0.1, 0.15) is 19.3 Å². The number of hydrogen-bond donors (Lipinski definition) is 3. The van der Waals surface area contributed by atoms with Crippen LogP contribution >= 0.6 is 15.6 Å². The molecule has 0 aliphatic heterocycles. The van der Waals surface area contributed by atoms with Crippen molar-refractivity contribution in [2.24, 2.45) is 17.8 Å². The van der Waals surface area contributed by atoms with Crippen LogP contribution in [0.1, 0.15) is 344 Å². The molecule has 0 rings (SSSR count). The van der Waals surface area contributed by atoms with Crippen molar-refractivity contribution in [3.63, 3.8) is 0 Å². The summed E-state index contributed by atoms with van der Waals surface area (Å²) >= 11 is 0. The predicted molar refractivity (Wildman–Crippen MR) is 354 cm³/mol. The molecule has 88 heavy (non-hydrogen) atoms. The van der Waals surface area contributed by atoms with Crippen LogP contribution in [0.25, 0.3) is 0 Å². The van der Waals surface area contributed by atoms with E-state index in [0.717, 1.165) is 102 Å². The number of phosphoric acid groups is 2. The predicted octanol–water partition coefficient (Wildman–Crippen LogP) is 19.5. The van der Waals surface area contributed by atoms with Gasteiger partial charge in [0.25, 0.3) is 0 Å². The Kier molecular flexibility index (Phi) is 58.7. The third-order valence-corrected chi connectivity index (χ3v) is 17.8. The van der Waals surface area contributed by atoms with Crippen LogP contribution in [0.4, 0.5) is 0 Å². The molecule has 0 bridgehead atoms. The lowest BCUT2D eigenvalue weighted by Gasteiger charge is -2.21. The van der Waals surface area contributed by atoms with Crippen molar-refractivity contribution in [1.82, 2.24) is 0 Å². The van der Waals surface area contributed by atoms with Gasteiger partial charge in [0, 0.05) is 25.7 Å². The number of unbranched alkanes of at least 4 members (excludes halogenated alkanes) is 35. The maximum absolute atomic E-state index is 13.0. The first-order valence-corrected chi connectivity index (χ1v) is 38.8. The Hall–Kier alpha value is -1.94. The Morgan fingerprint density at radius 1 is 0.307 bits per heavy atom. The molecule has 0 aliphatic rings. The van der Waals surface area contributed by atoms with E-state index in [1.807, 2.05) is 0 Å². The SMILES string of the molecule is CCCCCCCCCCCCCCCC(=O)OC[C@H](COP(=O)(O)OC[C@@H](O)COP(=O)(O)OC[C@@H](COC(=O)CCCCCCCCCC(C)C)OC(=O)CCCCCCCCCC(C)C)OC(=O)CCCCCCCCCCCCCCC(C)C. The molecule has 3 N–H and O–H groups in total. The van der Waals surface area contributed by atoms with Crippen LogP contribution in [0.3, 0.4) is 0 Å². The second-order valence-corrected chi connectivity index (χ2v) is 29.3. The van der Waals surface area contributed by atoms with Gasteiger partial charge >= 0.3 is 39.5 Å². The Balaban J connectivity index is 5.24. The summed E-state index contributed by atoms with van der Waals surface area (Å²) in [6.45, 7) is 11.7. The zero-order chi connectivity index (χ0) is 65.2. The topological polar surface area (TPSA) is 237 Å². The lowest BCUT2D eigenvalue weighted by molar-refractivity contribution is -0.161. The molecule has 0 aromatic heterocycles. The summed E-state index contributed by atoms with van der Waals surface area (Å²) < 4.78 is 68.2. The van der Waals surface area contributed by atoms with Gasteiger partial charge in [-0.05, 0) is 43.4 Å². The van der Waals surface area contributed by atoms with Crippen LogP contribution in [0.15, 0.2) is 0 Å². The van der Waals surface area contributed by atoms with E-state index in [0.29, 0.717) is 37.5 Å². The van der Waals surface area contributed by atoms with Gasteiger partial charge in [0.05, 0.1) is 26.4 Å². The molecule has 0 heterocycles. The van der Waals surface area contributed by atoms with Gasteiger partial charge in [0.15, 0.2) is 12.2 Å². The standard InChI is InChI=1S/C69H134O17P2/c1-8-9-10-11-12-13-14-15-19-22-29-36-43-50-66(71)79-56-64(85-68(73)52-45-38-30-23-20-17-16-18-21-26-33-40-47-60(2)3)58-83-87(75,76)81-54-63(70)55-82-88(77,78)84-59-65(86-69(74)53-46-39-32-25-28-35-42-49-62(6)7)57-80-67(72)51-44-37-31-24-27-34-41-48-61(4)5/h60-65,70H,8-59H2,1-7H3,(H,75,76)(H,77,78)/t63-,64-,65-/m1/s1. The molecule has 0 aromatic carbocycles. The number of carbonyl (C=O) groups is 4. The minimum Gasteiger partial charge on any atom is -0.462 e. The number of ether oxygens (including phenoxy) is 4. The summed E-state index contributed by atoms with van der Waals surface area (Å²) in [6, 6.07) is 0. The van der Waals surface area contributed by atoms with E-state index in [4.69, 9.17) is 37.0 Å².